The fourth-order valence-corrected chi connectivity index (χ4v) is 1.35. The highest BCUT2D eigenvalue weighted by Crippen LogP contribution is 2.44. The molecule has 1 aromatic rings. The summed E-state index contributed by atoms with van der Waals surface area (Å²) in [5.41, 5.74) is -0.0651. The number of carbonyl (C=O) groups excluding carboxylic acids is 1. The van der Waals surface area contributed by atoms with Crippen molar-refractivity contribution in [1.29, 1.82) is 0 Å². The van der Waals surface area contributed by atoms with E-state index in [9.17, 15) is 13.6 Å². The lowest BCUT2D eigenvalue weighted by Gasteiger charge is -2.04. The van der Waals surface area contributed by atoms with Crippen molar-refractivity contribution in [2.24, 2.45) is 0 Å². The van der Waals surface area contributed by atoms with Gasteiger partial charge in [0.2, 0.25) is 0 Å². The Bertz CT molecular complexity index is 406. The highest BCUT2D eigenvalue weighted by molar-refractivity contribution is 6.31. The van der Waals surface area contributed by atoms with E-state index in [0.29, 0.717) is 6.29 Å². The number of alkyl halides is 2. The Morgan fingerprint density at radius 1 is 1.36 bits per heavy atom. The molecule has 0 aromatic heterocycles. The van der Waals surface area contributed by atoms with E-state index in [4.69, 9.17) is 11.6 Å². The maximum atomic E-state index is 12.6. The van der Waals surface area contributed by atoms with Crippen LogP contribution in [0.15, 0.2) is 12.1 Å². The molecule has 0 aliphatic carbocycles. The largest absolute Gasteiger partial charge is 0.586 e. The number of fused-ring (bicyclic) bond motifs is 1. The maximum absolute atomic E-state index is 12.6. The van der Waals surface area contributed by atoms with Crippen LogP contribution in [0.25, 0.3) is 0 Å². The predicted molar refractivity (Wildman–Crippen MR) is 43.0 cm³/mol. The van der Waals surface area contributed by atoms with Gasteiger partial charge in [0.25, 0.3) is 0 Å². The summed E-state index contributed by atoms with van der Waals surface area (Å²) < 4.78 is 33.4. The van der Waals surface area contributed by atoms with Gasteiger partial charge in [-0.15, -0.1) is 8.78 Å². The third-order valence-corrected chi connectivity index (χ3v) is 1.84. The van der Waals surface area contributed by atoms with E-state index in [0.717, 1.165) is 6.07 Å². The summed E-state index contributed by atoms with van der Waals surface area (Å²) in [4.78, 5) is 10.5. The molecule has 0 spiro atoms. The summed E-state index contributed by atoms with van der Waals surface area (Å²) in [7, 11) is 0. The molecular weight excluding hydrogens is 218 g/mol. The van der Waals surface area contributed by atoms with Gasteiger partial charge in [0.15, 0.2) is 17.8 Å². The SMILES string of the molecule is O=Cc1cc(Cl)cc2c1OC(F)(F)O2. The lowest BCUT2D eigenvalue weighted by molar-refractivity contribution is -0.286. The van der Waals surface area contributed by atoms with E-state index >= 15 is 0 Å². The average Bonchev–Trinajstić information content (AvgIpc) is 2.37. The van der Waals surface area contributed by atoms with Crippen molar-refractivity contribution < 1.29 is 23.0 Å². The smallest absolute Gasteiger partial charge is 0.395 e. The second kappa shape index (κ2) is 2.81. The molecule has 0 atom stereocenters. The molecule has 2 rings (SSSR count). The van der Waals surface area contributed by atoms with Crippen LogP contribution in [-0.2, 0) is 0 Å². The van der Waals surface area contributed by atoms with Crippen molar-refractivity contribution in [3.05, 3.63) is 22.7 Å². The highest BCUT2D eigenvalue weighted by atomic mass is 35.5. The van der Waals surface area contributed by atoms with Gasteiger partial charge in [-0.05, 0) is 6.07 Å². The Balaban J connectivity index is 2.56. The topological polar surface area (TPSA) is 35.5 Å². The van der Waals surface area contributed by atoms with Crippen LogP contribution in [0.2, 0.25) is 5.02 Å². The minimum atomic E-state index is -3.73. The van der Waals surface area contributed by atoms with E-state index in [2.05, 4.69) is 9.47 Å². The van der Waals surface area contributed by atoms with Crippen molar-refractivity contribution in [3.63, 3.8) is 0 Å². The molecule has 0 unspecified atom stereocenters. The molecule has 3 nitrogen and oxygen atoms in total. The highest BCUT2D eigenvalue weighted by Gasteiger charge is 2.44. The average molecular weight is 221 g/mol. The van der Waals surface area contributed by atoms with Gasteiger partial charge in [0.05, 0.1) is 5.56 Å². The first-order valence-electron chi connectivity index (χ1n) is 3.56. The van der Waals surface area contributed by atoms with E-state index in [1.54, 1.807) is 0 Å². The maximum Gasteiger partial charge on any atom is 0.586 e. The number of hydrogen-bond donors (Lipinski definition) is 0. The van der Waals surface area contributed by atoms with Gasteiger partial charge in [-0.2, -0.15) is 0 Å². The first-order chi connectivity index (χ1) is 6.52. The molecule has 0 amide bonds. The molecule has 0 radical (unpaired) electrons. The Kier molecular flexibility index (Phi) is 1.85. The fourth-order valence-electron chi connectivity index (χ4n) is 1.13. The van der Waals surface area contributed by atoms with Gasteiger partial charge in [-0.3, -0.25) is 4.79 Å². The Labute approximate surface area is 82.2 Å². The van der Waals surface area contributed by atoms with Gasteiger partial charge < -0.3 is 9.47 Å². The first kappa shape index (κ1) is 9.21. The third-order valence-electron chi connectivity index (χ3n) is 1.62. The minimum absolute atomic E-state index is 0.0651. The standard InChI is InChI=1S/C8H3ClF2O3/c9-5-1-4(3-12)7-6(2-5)13-8(10,11)14-7/h1-3H. The summed E-state index contributed by atoms with van der Waals surface area (Å²) >= 11 is 5.56. The Morgan fingerprint density at radius 2 is 2.07 bits per heavy atom. The molecule has 1 heterocycles. The van der Waals surface area contributed by atoms with Gasteiger partial charge in [0, 0.05) is 11.1 Å². The Hall–Kier alpha value is -1.36. The van der Waals surface area contributed by atoms with Crippen molar-refractivity contribution in [2.45, 2.75) is 6.29 Å². The van der Waals surface area contributed by atoms with E-state index in [1.165, 1.54) is 6.07 Å². The monoisotopic (exact) mass is 220 g/mol. The number of hydrogen-bond acceptors (Lipinski definition) is 3. The summed E-state index contributed by atoms with van der Waals surface area (Å²) in [6.07, 6.45) is -3.36. The molecule has 74 valence electrons. The van der Waals surface area contributed by atoms with Gasteiger partial charge in [-0.25, -0.2) is 0 Å². The summed E-state index contributed by atoms with van der Waals surface area (Å²) in [6, 6.07) is 2.38. The molecular formula is C8H3ClF2O3. The summed E-state index contributed by atoms with van der Waals surface area (Å²) in [5, 5.41) is 0.132. The summed E-state index contributed by atoms with van der Waals surface area (Å²) in [5.74, 6) is -0.515. The van der Waals surface area contributed by atoms with E-state index in [1.807, 2.05) is 0 Å². The predicted octanol–water partition coefficient (Wildman–Crippen LogP) is 2.47. The number of carbonyl (C=O) groups is 1. The van der Waals surface area contributed by atoms with Crippen LogP contribution >= 0.6 is 11.6 Å². The van der Waals surface area contributed by atoms with Crippen molar-refractivity contribution in [1.82, 2.24) is 0 Å². The lowest BCUT2D eigenvalue weighted by atomic mass is 10.2. The molecule has 1 aliphatic rings. The normalized spacial score (nSPS) is 16.8. The molecule has 1 aromatic carbocycles. The van der Waals surface area contributed by atoms with Crippen molar-refractivity contribution >= 4 is 17.9 Å². The third kappa shape index (κ3) is 1.39. The van der Waals surface area contributed by atoms with Crippen LogP contribution in [0.1, 0.15) is 10.4 Å². The zero-order valence-electron chi connectivity index (χ0n) is 6.59. The molecule has 6 heteroatoms. The van der Waals surface area contributed by atoms with Crippen LogP contribution < -0.4 is 9.47 Å². The molecule has 1 aliphatic heterocycles. The van der Waals surface area contributed by atoms with Crippen LogP contribution in [0, 0.1) is 0 Å². The number of aldehydes is 1. The molecule has 0 saturated carbocycles. The molecule has 0 N–H and O–H groups in total. The lowest BCUT2D eigenvalue weighted by Crippen LogP contribution is -2.26. The van der Waals surface area contributed by atoms with Crippen molar-refractivity contribution in [2.75, 3.05) is 0 Å². The van der Waals surface area contributed by atoms with E-state index in [-0.39, 0.29) is 22.1 Å². The first-order valence-corrected chi connectivity index (χ1v) is 3.94. The fraction of sp³-hybridized carbons (Fsp3) is 0.125. The minimum Gasteiger partial charge on any atom is -0.395 e. The number of benzene rings is 1. The number of halogens is 3. The van der Waals surface area contributed by atoms with E-state index < -0.39 is 6.29 Å². The van der Waals surface area contributed by atoms with Gasteiger partial charge in [-0.1, -0.05) is 11.6 Å². The van der Waals surface area contributed by atoms with Crippen molar-refractivity contribution in [3.8, 4) is 11.5 Å². The molecule has 0 saturated heterocycles. The number of rotatable bonds is 1. The summed E-state index contributed by atoms with van der Waals surface area (Å²) in [6.45, 7) is 0. The molecule has 14 heavy (non-hydrogen) atoms. The quantitative estimate of drug-likeness (QED) is 0.682. The number of ether oxygens (including phenoxy) is 2. The van der Waals surface area contributed by atoms with Crippen LogP contribution in [0.3, 0.4) is 0 Å². The van der Waals surface area contributed by atoms with Crippen LogP contribution in [0.5, 0.6) is 11.5 Å². The van der Waals surface area contributed by atoms with Crippen LogP contribution in [-0.4, -0.2) is 12.6 Å². The second-order valence-corrected chi connectivity index (χ2v) is 3.04. The molecule has 0 fully saturated rings. The Morgan fingerprint density at radius 3 is 2.71 bits per heavy atom. The van der Waals surface area contributed by atoms with Gasteiger partial charge in [0.1, 0.15) is 0 Å². The zero-order chi connectivity index (χ0) is 10.3. The molecule has 0 bridgehead atoms. The zero-order valence-corrected chi connectivity index (χ0v) is 7.35. The second-order valence-electron chi connectivity index (χ2n) is 2.61. The van der Waals surface area contributed by atoms with Crippen LogP contribution in [0.4, 0.5) is 8.78 Å². The van der Waals surface area contributed by atoms with Gasteiger partial charge >= 0.3 is 6.29 Å².